The van der Waals surface area contributed by atoms with Crippen molar-refractivity contribution in [2.45, 2.75) is 19.1 Å². The van der Waals surface area contributed by atoms with Gasteiger partial charge >= 0.3 is 0 Å². The predicted molar refractivity (Wildman–Crippen MR) is 66.5 cm³/mol. The van der Waals surface area contributed by atoms with E-state index in [0.29, 0.717) is 0 Å². The van der Waals surface area contributed by atoms with Gasteiger partial charge in [-0.25, -0.2) is 0 Å². The number of carbonyl (C=O) groups is 2. The minimum Gasteiger partial charge on any atom is -0.392 e. The fourth-order valence-electron chi connectivity index (χ4n) is 1.82. The van der Waals surface area contributed by atoms with Crippen LogP contribution in [0.5, 0.6) is 0 Å². The molecule has 2 amide bonds. The average Bonchev–Trinajstić information content (AvgIpc) is 2.55. The summed E-state index contributed by atoms with van der Waals surface area (Å²) in [7, 11) is 0. The third-order valence-electron chi connectivity index (χ3n) is 2.96. The molecule has 0 aromatic heterocycles. The summed E-state index contributed by atoms with van der Waals surface area (Å²) in [6.45, 7) is 1.48. The molecule has 0 saturated heterocycles. The summed E-state index contributed by atoms with van der Waals surface area (Å²) in [5, 5.41) is 9.57. The number of halogens is 1. The normalized spacial score (nSPS) is 17.9. The molecule has 3 N–H and O–H groups in total. The van der Waals surface area contributed by atoms with Crippen molar-refractivity contribution in [1.82, 2.24) is 4.90 Å². The Kier molecular flexibility index (Phi) is 3.38. The fraction of sp³-hybridized carbons (Fsp3) is 0.333. The number of aliphatic hydroxyl groups excluding tert-OH is 1. The van der Waals surface area contributed by atoms with E-state index in [0.717, 1.165) is 4.90 Å². The molecule has 96 valence electrons. The second-order valence-corrected chi connectivity index (χ2v) is 4.69. The molecular weight excluding hydrogens is 256 g/mol. The quantitative estimate of drug-likeness (QED) is 0.788. The van der Waals surface area contributed by atoms with E-state index in [4.69, 9.17) is 17.3 Å². The molecule has 0 fully saturated rings. The molecule has 0 radical (unpaired) electrons. The number of fused-ring (bicyclic) bond motifs is 1. The minimum absolute atomic E-state index is 0.0274. The van der Waals surface area contributed by atoms with Gasteiger partial charge in [-0.1, -0.05) is 17.7 Å². The summed E-state index contributed by atoms with van der Waals surface area (Å²) in [5.74, 6) is -0.884. The molecule has 2 rings (SSSR count). The van der Waals surface area contributed by atoms with E-state index >= 15 is 0 Å². The molecule has 6 heteroatoms. The number of carbonyl (C=O) groups excluding carboxylic acids is 2. The maximum absolute atomic E-state index is 12.1. The summed E-state index contributed by atoms with van der Waals surface area (Å²) in [5.41, 5.74) is 6.16. The van der Waals surface area contributed by atoms with Crippen LogP contribution >= 0.6 is 11.6 Å². The van der Waals surface area contributed by atoms with E-state index in [1.807, 2.05) is 0 Å². The monoisotopic (exact) mass is 268 g/mol. The van der Waals surface area contributed by atoms with Crippen molar-refractivity contribution in [3.8, 4) is 0 Å². The van der Waals surface area contributed by atoms with Crippen LogP contribution in [-0.2, 0) is 0 Å². The molecule has 0 saturated carbocycles. The predicted octanol–water partition coefficient (Wildman–Crippen LogP) is 0.644. The number of amides is 2. The lowest BCUT2D eigenvalue weighted by atomic mass is 10.1. The number of rotatable bonds is 3. The van der Waals surface area contributed by atoms with Crippen LogP contribution in [0.2, 0.25) is 5.02 Å². The number of nitrogens with two attached hydrogens (primary N) is 1. The van der Waals surface area contributed by atoms with Crippen molar-refractivity contribution < 1.29 is 14.7 Å². The lowest BCUT2D eigenvalue weighted by Crippen LogP contribution is -2.46. The van der Waals surface area contributed by atoms with Gasteiger partial charge in [0.05, 0.1) is 22.3 Å². The highest BCUT2D eigenvalue weighted by atomic mass is 35.5. The Hall–Kier alpha value is -1.43. The molecule has 2 atom stereocenters. The van der Waals surface area contributed by atoms with Gasteiger partial charge in [0.1, 0.15) is 0 Å². The zero-order valence-electron chi connectivity index (χ0n) is 9.76. The first-order valence-electron chi connectivity index (χ1n) is 5.52. The number of benzene rings is 1. The standard InChI is InChI=1S/C12H13ClN2O3/c1-6(16)9(14)5-15-11(17)7-3-2-4-8(13)10(7)12(15)18/h2-4,6,9,16H,5,14H2,1H3. The van der Waals surface area contributed by atoms with Gasteiger partial charge in [0.25, 0.3) is 11.8 Å². The zero-order valence-corrected chi connectivity index (χ0v) is 10.5. The summed E-state index contributed by atoms with van der Waals surface area (Å²) < 4.78 is 0. The molecular formula is C12H13ClN2O3. The first-order chi connectivity index (χ1) is 8.43. The third kappa shape index (κ3) is 2.01. The van der Waals surface area contributed by atoms with E-state index in [1.54, 1.807) is 18.2 Å². The maximum atomic E-state index is 12.1. The van der Waals surface area contributed by atoms with Gasteiger partial charge < -0.3 is 10.8 Å². The Balaban J connectivity index is 2.32. The van der Waals surface area contributed by atoms with Crippen molar-refractivity contribution >= 4 is 23.4 Å². The molecule has 18 heavy (non-hydrogen) atoms. The van der Waals surface area contributed by atoms with E-state index in [2.05, 4.69) is 0 Å². The minimum atomic E-state index is -0.801. The van der Waals surface area contributed by atoms with Gasteiger partial charge in [-0.05, 0) is 19.1 Å². The van der Waals surface area contributed by atoms with Gasteiger partial charge in [0.15, 0.2) is 0 Å². The second kappa shape index (κ2) is 4.68. The highest BCUT2D eigenvalue weighted by Crippen LogP contribution is 2.29. The highest BCUT2D eigenvalue weighted by Gasteiger charge is 2.38. The van der Waals surface area contributed by atoms with E-state index in [1.165, 1.54) is 6.92 Å². The number of hydrogen-bond acceptors (Lipinski definition) is 4. The molecule has 2 unspecified atom stereocenters. The zero-order chi connectivity index (χ0) is 13.4. The Morgan fingerprint density at radius 1 is 1.39 bits per heavy atom. The van der Waals surface area contributed by atoms with E-state index in [-0.39, 0.29) is 22.7 Å². The molecule has 5 nitrogen and oxygen atoms in total. The summed E-state index contributed by atoms with van der Waals surface area (Å²) in [6, 6.07) is 4.05. The number of hydrogen-bond donors (Lipinski definition) is 2. The van der Waals surface area contributed by atoms with Crippen LogP contribution in [0.25, 0.3) is 0 Å². The van der Waals surface area contributed by atoms with Gasteiger partial charge in [0.2, 0.25) is 0 Å². The van der Waals surface area contributed by atoms with E-state index < -0.39 is 24.0 Å². The largest absolute Gasteiger partial charge is 0.392 e. The van der Waals surface area contributed by atoms with Crippen LogP contribution < -0.4 is 5.73 Å². The third-order valence-corrected chi connectivity index (χ3v) is 3.28. The van der Waals surface area contributed by atoms with Gasteiger partial charge in [-0.2, -0.15) is 0 Å². The molecule has 0 bridgehead atoms. The van der Waals surface area contributed by atoms with Crippen LogP contribution in [0.15, 0.2) is 18.2 Å². The first-order valence-corrected chi connectivity index (χ1v) is 5.89. The number of aliphatic hydroxyl groups is 1. The fourth-order valence-corrected chi connectivity index (χ4v) is 2.08. The van der Waals surface area contributed by atoms with Crippen LogP contribution in [0, 0.1) is 0 Å². The number of nitrogens with zero attached hydrogens (tertiary/aromatic N) is 1. The Morgan fingerprint density at radius 2 is 2.06 bits per heavy atom. The maximum Gasteiger partial charge on any atom is 0.263 e. The molecule has 1 aliphatic heterocycles. The first kappa shape index (κ1) is 13.0. The Labute approximate surface area is 109 Å². The number of imide groups is 1. The van der Waals surface area contributed by atoms with Crippen molar-refractivity contribution in [2.75, 3.05) is 6.54 Å². The van der Waals surface area contributed by atoms with Crippen LogP contribution in [0.4, 0.5) is 0 Å². The van der Waals surface area contributed by atoms with E-state index in [9.17, 15) is 14.7 Å². The Bertz CT molecular complexity index is 516. The lowest BCUT2D eigenvalue weighted by molar-refractivity contribution is 0.0607. The van der Waals surface area contributed by atoms with Crippen molar-refractivity contribution in [1.29, 1.82) is 0 Å². The summed E-state index contributed by atoms with van der Waals surface area (Å²) >= 11 is 5.91. The van der Waals surface area contributed by atoms with Crippen LogP contribution in [0.1, 0.15) is 27.6 Å². The van der Waals surface area contributed by atoms with Gasteiger partial charge in [-0.3, -0.25) is 14.5 Å². The van der Waals surface area contributed by atoms with Crippen molar-refractivity contribution in [2.24, 2.45) is 5.73 Å². The SMILES string of the molecule is CC(O)C(N)CN1C(=O)c2cccc(Cl)c2C1=O. The topological polar surface area (TPSA) is 83.6 Å². The second-order valence-electron chi connectivity index (χ2n) is 4.29. The van der Waals surface area contributed by atoms with Crippen molar-refractivity contribution in [3.63, 3.8) is 0 Å². The molecule has 1 heterocycles. The average molecular weight is 269 g/mol. The molecule has 1 aromatic carbocycles. The van der Waals surface area contributed by atoms with Crippen molar-refractivity contribution in [3.05, 3.63) is 34.3 Å². The lowest BCUT2D eigenvalue weighted by Gasteiger charge is -2.21. The molecule has 0 aliphatic carbocycles. The highest BCUT2D eigenvalue weighted by molar-refractivity contribution is 6.37. The summed E-state index contributed by atoms with van der Waals surface area (Å²) in [6.07, 6.45) is -0.801. The summed E-state index contributed by atoms with van der Waals surface area (Å²) in [4.78, 5) is 25.1. The van der Waals surface area contributed by atoms with Crippen LogP contribution in [0.3, 0.4) is 0 Å². The Morgan fingerprint density at radius 3 is 2.61 bits per heavy atom. The molecule has 1 aliphatic rings. The van der Waals surface area contributed by atoms with Crippen LogP contribution in [-0.4, -0.2) is 40.5 Å². The van der Waals surface area contributed by atoms with Gasteiger partial charge in [0, 0.05) is 12.6 Å². The molecule has 1 aromatic rings. The molecule has 0 spiro atoms. The van der Waals surface area contributed by atoms with Gasteiger partial charge in [-0.15, -0.1) is 0 Å². The smallest absolute Gasteiger partial charge is 0.263 e.